The van der Waals surface area contributed by atoms with Crippen molar-refractivity contribution >= 4 is 30.1 Å². The molecule has 0 aliphatic heterocycles. The second-order valence-electron chi connectivity index (χ2n) is 11.1. The van der Waals surface area contributed by atoms with Gasteiger partial charge in [-0.2, -0.15) is 11.7 Å². The maximum absolute atomic E-state index is 10.6. The SMILES string of the molecule is C1CCCC1.COc1ccc([C@@](C#N)(CC[C-]=O)C(C)C)cc1OC.[C-]#[O+].[Fe+2].c1ccc(P(c2ccccc2)c2ccccc2)cc1. The van der Waals surface area contributed by atoms with Gasteiger partial charge in [0.2, 0.25) is 0 Å². The van der Waals surface area contributed by atoms with Crippen molar-refractivity contribution in [3.63, 3.8) is 0 Å². The summed E-state index contributed by atoms with van der Waals surface area (Å²) in [6.45, 7) is 8.45. The minimum Gasteiger partial charge on any atom is -0.0622 e. The number of ether oxygens (including phenoxy) is 2. The van der Waals surface area contributed by atoms with E-state index >= 15 is 0 Å². The molecule has 0 saturated heterocycles. The Labute approximate surface area is 293 Å². The van der Waals surface area contributed by atoms with Gasteiger partial charge in [0.25, 0.3) is 0 Å². The van der Waals surface area contributed by atoms with Crippen LogP contribution in [-0.4, -0.2) is 20.5 Å². The van der Waals surface area contributed by atoms with Crippen LogP contribution in [0.2, 0.25) is 0 Å². The molecule has 5 rings (SSSR count). The zero-order valence-electron chi connectivity index (χ0n) is 27.8. The molecule has 0 unspecified atom stereocenters. The first-order chi connectivity index (χ1) is 22.5. The first-order valence-electron chi connectivity index (χ1n) is 15.6. The van der Waals surface area contributed by atoms with Gasteiger partial charge in [-0.1, -0.05) is 149 Å². The fourth-order valence-electron chi connectivity index (χ4n) is 5.44. The van der Waals surface area contributed by atoms with Crippen LogP contribution in [0, 0.1) is 23.9 Å². The fourth-order valence-corrected chi connectivity index (χ4v) is 7.75. The Kier molecular flexibility index (Phi) is 20.8. The molecule has 0 amide bonds. The van der Waals surface area contributed by atoms with E-state index < -0.39 is 13.3 Å². The van der Waals surface area contributed by atoms with Crippen molar-refractivity contribution in [1.82, 2.24) is 0 Å². The van der Waals surface area contributed by atoms with E-state index in [0.717, 1.165) is 5.56 Å². The zero-order chi connectivity index (χ0) is 33.6. The summed E-state index contributed by atoms with van der Waals surface area (Å²) in [7, 11) is 2.68. The van der Waals surface area contributed by atoms with Crippen molar-refractivity contribution in [2.75, 3.05) is 14.2 Å². The van der Waals surface area contributed by atoms with Gasteiger partial charge in [0.1, 0.15) is 0 Å². The summed E-state index contributed by atoms with van der Waals surface area (Å²) < 4.78 is 18.0. The monoisotopic (exact) mass is 690 g/mol. The van der Waals surface area contributed by atoms with Gasteiger partial charge in [0.15, 0.2) is 11.5 Å². The number of methoxy groups -OCH3 is 2. The summed E-state index contributed by atoms with van der Waals surface area (Å²) >= 11 is 0. The molecular formula is C40H45FeNO4P+. The average molecular weight is 691 g/mol. The average Bonchev–Trinajstić information content (AvgIpc) is 3.72. The van der Waals surface area contributed by atoms with Crippen LogP contribution >= 0.6 is 7.92 Å². The molecule has 0 N–H and O–H groups in total. The standard InChI is InChI=1S/C18H15P.C16H20NO3.C5H10.CO.Fe/c1-4-10-16(11-5-1)19(17-12-6-2-7-13-17)18-14-8-3-9-15-18;1-12(2)16(11-17,8-5-9-18)13-6-7-14(19-3)15(10-13)20-4;1-2-4-5-3-1;1-2;/h1-15H;6-7,10,12H,5,8H2,1-4H3;1-5H2;;/q;-1;;;+2/t;16-;;;/m.1.../s1. The minimum absolute atomic E-state index is 0. The quantitative estimate of drug-likeness (QED) is 0.0725. The zero-order valence-corrected chi connectivity index (χ0v) is 29.8. The van der Waals surface area contributed by atoms with Crippen LogP contribution in [0.15, 0.2) is 109 Å². The van der Waals surface area contributed by atoms with Gasteiger partial charge in [-0.25, -0.2) is 0 Å². The van der Waals surface area contributed by atoms with Crippen LogP contribution in [0.3, 0.4) is 0 Å². The second-order valence-corrected chi connectivity index (χ2v) is 13.3. The van der Waals surface area contributed by atoms with Gasteiger partial charge in [0.05, 0.1) is 25.7 Å². The van der Waals surface area contributed by atoms with E-state index in [2.05, 4.69) is 104 Å². The predicted octanol–water partition coefficient (Wildman–Crippen LogP) is 8.37. The third kappa shape index (κ3) is 12.5. The summed E-state index contributed by atoms with van der Waals surface area (Å²) in [5.74, 6) is 1.27. The second kappa shape index (κ2) is 23.6. The maximum atomic E-state index is 10.6. The van der Waals surface area contributed by atoms with E-state index in [-0.39, 0.29) is 29.4 Å². The third-order valence-electron chi connectivity index (χ3n) is 8.00. The molecule has 4 aromatic carbocycles. The van der Waals surface area contributed by atoms with Crippen LogP contribution in [0.4, 0.5) is 0 Å². The molecule has 0 bridgehead atoms. The molecule has 1 atom stereocenters. The van der Waals surface area contributed by atoms with E-state index in [1.807, 2.05) is 32.3 Å². The Morgan fingerprint density at radius 3 is 1.49 bits per heavy atom. The molecule has 4 aromatic rings. The normalized spacial score (nSPS) is 12.6. The largest absolute Gasteiger partial charge is 2.00 e. The van der Waals surface area contributed by atoms with Crippen molar-refractivity contribution in [2.24, 2.45) is 5.92 Å². The molecular weight excluding hydrogens is 645 g/mol. The smallest absolute Gasteiger partial charge is 0.0622 e. The van der Waals surface area contributed by atoms with Gasteiger partial charge >= 0.3 is 28.4 Å². The van der Waals surface area contributed by atoms with E-state index in [0.29, 0.717) is 17.9 Å². The molecule has 246 valence electrons. The van der Waals surface area contributed by atoms with E-state index in [1.165, 1.54) is 48.0 Å². The first kappa shape index (κ1) is 41.4. The minimum atomic E-state index is -0.725. The van der Waals surface area contributed by atoms with Crippen molar-refractivity contribution in [1.29, 1.82) is 5.26 Å². The molecule has 1 fully saturated rings. The molecule has 7 heteroatoms. The summed E-state index contributed by atoms with van der Waals surface area (Å²) in [6.07, 6.45) is 10.1. The summed E-state index contributed by atoms with van der Waals surface area (Å²) in [5.41, 5.74) is 0.111. The number of carbonyl (C=O) groups excluding carboxylic acids is 1. The maximum Gasteiger partial charge on any atom is 2.00 e. The fraction of sp³-hybridized carbons (Fsp3) is 0.325. The molecule has 0 radical (unpaired) electrons. The summed E-state index contributed by atoms with van der Waals surface area (Å²) in [6, 6.07) is 40.2. The molecule has 5 nitrogen and oxygen atoms in total. The topological polar surface area (TPSA) is 79.2 Å². The van der Waals surface area contributed by atoms with Crippen LogP contribution in [-0.2, 0) is 31.9 Å². The molecule has 0 spiro atoms. The van der Waals surface area contributed by atoms with Gasteiger partial charge < -0.3 is 14.3 Å². The van der Waals surface area contributed by atoms with Crippen molar-refractivity contribution < 1.29 is 36.0 Å². The van der Waals surface area contributed by atoms with Crippen LogP contribution in [0.5, 0.6) is 11.5 Å². The van der Waals surface area contributed by atoms with E-state index in [9.17, 15) is 10.1 Å². The number of nitriles is 1. The number of hydrogen-bond donors (Lipinski definition) is 0. The number of hydrogen-bond acceptors (Lipinski definition) is 4. The molecule has 1 saturated carbocycles. The summed E-state index contributed by atoms with van der Waals surface area (Å²) in [5, 5.41) is 13.9. The molecule has 0 heterocycles. The van der Waals surface area contributed by atoms with E-state index in [1.54, 1.807) is 20.3 Å². The predicted molar refractivity (Wildman–Crippen MR) is 189 cm³/mol. The molecule has 47 heavy (non-hydrogen) atoms. The Bertz CT molecular complexity index is 1370. The van der Waals surface area contributed by atoms with Gasteiger partial charge in [-0.15, -0.1) is 0 Å². The van der Waals surface area contributed by atoms with Gasteiger partial charge in [-0.05, 0) is 47.4 Å². The molecule has 1 aliphatic carbocycles. The van der Waals surface area contributed by atoms with Crippen LogP contribution in [0.1, 0.15) is 64.4 Å². The Morgan fingerprint density at radius 1 is 0.766 bits per heavy atom. The summed E-state index contributed by atoms with van der Waals surface area (Å²) in [4.78, 5) is 10.6. The third-order valence-corrected chi connectivity index (χ3v) is 10.4. The number of rotatable bonds is 10. The first-order valence-corrected chi connectivity index (χ1v) is 17.0. The molecule has 1 aliphatic rings. The van der Waals surface area contributed by atoms with Crippen LogP contribution < -0.4 is 25.4 Å². The number of nitrogens with zero attached hydrogens (tertiary/aromatic N) is 1. The van der Waals surface area contributed by atoms with Gasteiger partial charge in [0, 0.05) is 0 Å². The molecule has 0 aromatic heterocycles. The van der Waals surface area contributed by atoms with Crippen LogP contribution in [0.25, 0.3) is 0 Å². The van der Waals surface area contributed by atoms with E-state index in [4.69, 9.17) is 14.1 Å². The Hall–Kier alpha value is -3.67. The van der Waals surface area contributed by atoms with Crippen molar-refractivity contribution in [2.45, 2.75) is 64.2 Å². The number of benzene rings is 4. The van der Waals surface area contributed by atoms with Crippen molar-refractivity contribution in [3.05, 3.63) is 121 Å². The Balaban J connectivity index is 0.000000384. The van der Waals surface area contributed by atoms with Crippen molar-refractivity contribution in [3.8, 4) is 17.6 Å². The Morgan fingerprint density at radius 2 is 1.17 bits per heavy atom. The van der Waals surface area contributed by atoms with Gasteiger partial charge in [-0.3, -0.25) is 6.29 Å².